The van der Waals surface area contributed by atoms with Crippen molar-refractivity contribution >= 4 is 11.9 Å². The molecule has 0 unspecified atom stereocenters. The number of nitrogens with one attached hydrogen (secondary N) is 2. The molecule has 0 aromatic carbocycles. The van der Waals surface area contributed by atoms with Crippen molar-refractivity contribution in [2.24, 2.45) is 17.6 Å². The summed E-state index contributed by atoms with van der Waals surface area (Å²) in [4.78, 5) is 22.1. The van der Waals surface area contributed by atoms with E-state index in [1.54, 1.807) is 6.92 Å². The van der Waals surface area contributed by atoms with E-state index in [-0.39, 0.29) is 11.9 Å². The summed E-state index contributed by atoms with van der Waals surface area (Å²) in [6, 6.07) is -0.846. The molecule has 0 saturated heterocycles. The molecule has 0 spiro atoms. The molecular formula is C12H23N3O2. The number of nitrogens with two attached hydrogens (primary N) is 1. The van der Waals surface area contributed by atoms with Crippen LogP contribution in [0.3, 0.4) is 0 Å². The molecule has 5 heteroatoms. The molecule has 1 aliphatic carbocycles. The van der Waals surface area contributed by atoms with Crippen molar-refractivity contribution in [1.29, 1.82) is 0 Å². The number of hydrogen-bond acceptors (Lipinski definition) is 3. The summed E-state index contributed by atoms with van der Waals surface area (Å²) in [7, 11) is 0. The largest absolute Gasteiger partial charge is 0.351 e. The summed E-state index contributed by atoms with van der Waals surface area (Å²) >= 11 is 0. The normalized spacial score (nSPS) is 30.6. The van der Waals surface area contributed by atoms with Crippen molar-refractivity contribution in [3.8, 4) is 0 Å². The van der Waals surface area contributed by atoms with Crippen molar-refractivity contribution in [3.63, 3.8) is 0 Å². The van der Waals surface area contributed by atoms with Gasteiger partial charge in [-0.15, -0.1) is 0 Å². The first-order valence-electron chi connectivity index (χ1n) is 6.28. The van der Waals surface area contributed by atoms with Crippen LogP contribution in [0.25, 0.3) is 0 Å². The van der Waals surface area contributed by atoms with Gasteiger partial charge in [0, 0.05) is 6.04 Å². The molecule has 17 heavy (non-hydrogen) atoms. The van der Waals surface area contributed by atoms with Gasteiger partial charge in [-0.1, -0.05) is 26.7 Å². The quantitative estimate of drug-likeness (QED) is 0.688. The SMILES string of the molecule is C[C@@H]1[C@@H](C)CCC[C@H]1N[C@@H](C)C(=O)NC(N)=O. The number of amides is 3. The Kier molecular flexibility index (Phi) is 4.93. The zero-order valence-electron chi connectivity index (χ0n) is 10.8. The molecular weight excluding hydrogens is 218 g/mol. The van der Waals surface area contributed by atoms with E-state index in [2.05, 4.69) is 24.5 Å². The fourth-order valence-corrected chi connectivity index (χ4v) is 2.44. The van der Waals surface area contributed by atoms with E-state index in [1.807, 2.05) is 0 Å². The Hall–Kier alpha value is -1.10. The third kappa shape index (κ3) is 4.00. The highest BCUT2D eigenvalue weighted by molar-refractivity contribution is 5.96. The second-order valence-corrected chi connectivity index (χ2v) is 5.12. The van der Waals surface area contributed by atoms with Crippen LogP contribution in [-0.4, -0.2) is 24.0 Å². The summed E-state index contributed by atoms with van der Waals surface area (Å²) in [5.41, 5.74) is 4.92. The van der Waals surface area contributed by atoms with Crippen LogP contribution < -0.4 is 16.4 Å². The Labute approximate surface area is 103 Å². The van der Waals surface area contributed by atoms with E-state index >= 15 is 0 Å². The third-order valence-electron chi connectivity index (χ3n) is 3.81. The molecule has 1 fully saturated rings. The van der Waals surface area contributed by atoms with Gasteiger partial charge in [-0.2, -0.15) is 0 Å². The Bertz CT molecular complexity index is 293. The Morgan fingerprint density at radius 1 is 1.29 bits per heavy atom. The van der Waals surface area contributed by atoms with E-state index < -0.39 is 6.03 Å². The molecule has 1 saturated carbocycles. The van der Waals surface area contributed by atoms with Crippen molar-refractivity contribution in [2.75, 3.05) is 0 Å². The van der Waals surface area contributed by atoms with E-state index in [0.29, 0.717) is 17.9 Å². The molecule has 0 aliphatic heterocycles. The van der Waals surface area contributed by atoms with Crippen LogP contribution in [0.15, 0.2) is 0 Å². The van der Waals surface area contributed by atoms with Gasteiger partial charge in [0.25, 0.3) is 0 Å². The number of urea groups is 1. The predicted molar refractivity (Wildman–Crippen MR) is 66.3 cm³/mol. The van der Waals surface area contributed by atoms with E-state index in [0.717, 1.165) is 6.42 Å². The lowest BCUT2D eigenvalue weighted by Crippen LogP contribution is -2.52. The van der Waals surface area contributed by atoms with Gasteiger partial charge in [0.2, 0.25) is 5.91 Å². The summed E-state index contributed by atoms with van der Waals surface area (Å²) in [6.45, 7) is 6.21. The van der Waals surface area contributed by atoms with Gasteiger partial charge in [0.1, 0.15) is 0 Å². The first-order valence-corrected chi connectivity index (χ1v) is 6.28. The number of carbonyl (C=O) groups is 2. The lowest BCUT2D eigenvalue weighted by molar-refractivity contribution is -0.122. The van der Waals surface area contributed by atoms with Gasteiger partial charge >= 0.3 is 6.03 Å². The van der Waals surface area contributed by atoms with Crippen LogP contribution in [0.5, 0.6) is 0 Å². The molecule has 0 bridgehead atoms. The van der Waals surface area contributed by atoms with Crippen molar-refractivity contribution < 1.29 is 9.59 Å². The van der Waals surface area contributed by atoms with Crippen LogP contribution >= 0.6 is 0 Å². The summed E-state index contributed by atoms with van der Waals surface area (Å²) < 4.78 is 0. The number of hydrogen-bond donors (Lipinski definition) is 3. The standard InChI is InChI=1S/C12H23N3O2/c1-7-5-4-6-10(8(7)2)14-9(3)11(16)15-12(13)17/h7-10,14H,4-6H2,1-3H3,(H3,13,15,16,17)/t7-,8+,9-,10+/m0/s1. The molecule has 98 valence electrons. The Morgan fingerprint density at radius 2 is 1.94 bits per heavy atom. The molecule has 1 aliphatic rings. The maximum absolute atomic E-state index is 11.5. The highest BCUT2D eigenvalue weighted by Crippen LogP contribution is 2.29. The molecule has 0 heterocycles. The Morgan fingerprint density at radius 3 is 2.53 bits per heavy atom. The number of imide groups is 1. The fourth-order valence-electron chi connectivity index (χ4n) is 2.44. The average molecular weight is 241 g/mol. The molecule has 5 nitrogen and oxygen atoms in total. The minimum absolute atomic E-state index is 0.340. The van der Waals surface area contributed by atoms with Crippen LogP contribution in [0.4, 0.5) is 4.79 Å². The summed E-state index contributed by atoms with van der Waals surface area (Å²) in [5, 5.41) is 5.38. The second-order valence-electron chi connectivity index (χ2n) is 5.12. The topological polar surface area (TPSA) is 84.2 Å². The Balaban J connectivity index is 2.47. The lowest BCUT2D eigenvalue weighted by Gasteiger charge is -2.36. The second kappa shape index (κ2) is 6.00. The van der Waals surface area contributed by atoms with Crippen molar-refractivity contribution in [1.82, 2.24) is 10.6 Å². The van der Waals surface area contributed by atoms with Gasteiger partial charge in [-0.05, 0) is 25.2 Å². The highest BCUT2D eigenvalue weighted by atomic mass is 16.2. The van der Waals surface area contributed by atoms with Crippen molar-refractivity contribution in [3.05, 3.63) is 0 Å². The molecule has 0 radical (unpaired) electrons. The minimum Gasteiger partial charge on any atom is -0.351 e. The molecule has 1 rings (SSSR count). The first kappa shape index (κ1) is 14.0. The van der Waals surface area contributed by atoms with E-state index in [9.17, 15) is 9.59 Å². The van der Waals surface area contributed by atoms with Crippen LogP contribution in [-0.2, 0) is 4.79 Å². The fraction of sp³-hybridized carbons (Fsp3) is 0.833. The predicted octanol–water partition coefficient (Wildman–Crippen LogP) is 0.984. The van der Waals surface area contributed by atoms with Gasteiger partial charge < -0.3 is 11.1 Å². The number of carbonyl (C=O) groups excluding carboxylic acids is 2. The lowest BCUT2D eigenvalue weighted by atomic mass is 9.78. The minimum atomic E-state index is -0.797. The van der Waals surface area contributed by atoms with E-state index in [1.165, 1.54) is 12.8 Å². The maximum atomic E-state index is 11.5. The molecule has 3 amide bonds. The molecule has 0 aromatic rings. The van der Waals surface area contributed by atoms with Gasteiger partial charge in [0.05, 0.1) is 6.04 Å². The van der Waals surface area contributed by atoms with Gasteiger partial charge in [-0.25, -0.2) is 4.79 Å². The van der Waals surface area contributed by atoms with E-state index in [4.69, 9.17) is 5.73 Å². The first-order chi connectivity index (χ1) is 7.91. The average Bonchev–Trinajstić information content (AvgIpc) is 2.23. The van der Waals surface area contributed by atoms with Crippen molar-refractivity contribution in [2.45, 2.75) is 52.1 Å². The van der Waals surface area contributed by atoms with Crippen LogP contribution in [0.2, 0.25) is 0 Å². The maximum Gasteiger partial charge on any atom is 0.318 e. The zero-order valence-corrected chi connectivity index (χ0v) is 10.8. The summed E-state index contributed by atoms with van der Waals surface area (Å²) in [5.74, 6) is 0.864. The molecule has 4 atom stereocenters. The summed E-state index contributed by atoms with van der Waals surface area (Å²) in [6.07, 6.45) is 3.52. The van der Waals surface area contributed by atoms with Crippen LogP contribution in [0.1, 0.15) is 40.0 Å². The smallest absolute Gasteiger partial charge is 0.318 e. The third-order valence-corrected chi connectivity index (χ3v) is 3.81. The number of primary amides is 1. The zero-order chi connectivity index (χ0) is 13.0. The van der Waals surface area contributed by atoms with Gasteiger partial charge in [-0.3, -0.25) is 10.1 Å². The monoisotopic (exact) mass is 241 g/mol. The molecule has 4 N–H and O–H groups in total. The number of rotatable bonds is 3. The van der Waals surface area contributed by atoms with Crippen LogP contribution in [0, 0.1) is 11.8 Å². The highest BCUT2D eigenvalue weighted by Gasteiger charge is 2.29. The molecule has 0 aromatic heterocycles. The van der Waals surface area contributed by atoms with Gasteiger partial charge in [0.15, 0.2) is 0 Å².